The molecule has 0 atom stereocenters. The Balaban J connectivity index is 0.00000392. The number of nitrogens with zero attached hydrogens (tertiary/aromatic N) is 1. The van der Waals surface area contributed by atoms with Crippen molar-refractivity contribution in [2.45, 2.75) is 51.9 Å². The van der Waals surface area contributed by atoms with Crippen LogP contribution >= 0.6 is 12.4 Å². The molecular formula is C21H30ClNO5. The van der Waals surface area contributed by atoms with E-state index in [1.807, 2.05) is 0 Å². The third kappa shape index (κ3) is 7.89. The second kappa shape index (κ2) is 13.2. The first kappa shape index (κ1) is 24.0. The van der Waals surface area contributed by atoms with Crippen LogP contribution in [0.5, 0.6) is 11.5 Å². The zero-order valence-electron chi connectivity index (χ0n) is 16.6. The van der Waals surface area contributed by atoms with Crippen LogP contribution in [0, 0.1) is 5.92 Å². The molecular weight excluding hydrogens is 382 g/mol. The van der Waals surface area contributed by atoms with E-state index in [1.165, 1.54) is 6.42 Å². The molecule has 1 saturated carbocycles. The number of methoxy groups -OCH3 is 1. The second-order valence-corrected chi connectivity index (χ2v) is 6.59. The third-order valence-corrected chi connectivity index (χ3v) is 4.59. The number of ketones is 1. The maximum absolute atomic E-state index is 12.3. The molecule has 1 aliphatic carbocycles. The molecule has 0 aliphatic heterocycles. The van der Waals surface area contributed by atoms with Crippen LogP contribution in [-0.4, -0.2) is 37.1 Å². The Morgan fingerprint density at radius 2 is 1.96 bits per heavy atom. The van der Waals surface area contributed by atoms with Crippen LogP contribution in [0.2, 0.25) is 0 Å². The fraction of sp³-hybridized carbons (Fsp3) is 0.571. The molecule has 1 aromatic heterocycles. The molecule has 28 heavy (non-hydrogen) atoms. The predicted octanol–water partition coefficient (Wildman–Crippen LogP) is 4.40. The number of ether oxygens (including phenoxy) is 3. The molecule has 0 aromatic carbocycles. The van der Waals surface area contributed by atoms with E-state index in [9.17, 15) is 9.59 Å². The summed E-state index contributed by atoms with van der Waals surface area (Å²) in [4.78, 5) is 27.9. The molecule has 1 heterocycles. The quantitative estimate of drug-likeness (QED) is 0.323. The van der Waals surface area contributed by atoms with Crippen LogP contribution in [-0.2, 0) is 14.3 Å². The van der Waals surface area contributed by atoms with Crippen LogP contribution in [0.4, 0.5) is 0 Å². The van der Waals surface area contributed by atoms with E-state index in [2.05, 4.69) is 4.98 Å². The molecule has 0 saturated heterocycles. The molecule has 7 heteroatoms. The highest BCUT2D eigenvalue weighted by Crippen LogP contribution is 2.28. The maximum Gasteiger partial charge on any atom is 0.305 e. The Morgan fingerprint density at radius 1 is 1.21 bits per heavy atom. The summed E-state index contributed by atoms with van der Waals surface area (Å²) in [5.41, 5.74) is 0.639. The number of halogens is 1. The fourth-order valence-corrected chi connectivity index (χ4v) is 3.12. The normalized spacial score (nSPS) is 14.4. The number of hydrogen-bond donors (Lipinski definition) is 0. The van der Waals surface area contributed by atoms with Gasteiger partial charge in [0.25, 0.3) is 0 Å². The largest absolute Gasteiger partial charge is 0.491 e. The molecule has 0 bridgehead atoms. The van der Waals surface area contributed by atoms with Gasteiger partial charge < -0.3 is 14.2 Å². The molecule has 1 aliphatic rings. The number of allylic oxidation sites excluding steroid dienone is 1. The monoisotopic (exact) mass is 411 g/mol. The summed E-state index contributed by atoms with van der Waals surface area (Å²) in [7, 11) is 1.55. The average Bonchev–Trinajstić information content (AvgIpc) is 2.70. The Kier molecular flexibility index (Phi) is 11.3. The van der Waals surface area contributed by atoms with Gasteiger partial charge in [-0.25, -0.2) is 0 Å². The lowest BCUT2D eigenvalue weighted by atomic mass is 9.86. The van der Waals surface area contributed by atoms with Gasteiger partial charge in [-0.3, -0.25) is 14.6 Å². The van der Waals surface area contributed by atoms with Gasteiger partial charge in [0.1, 0.15) is 0 Å². The number of hydrogen-bond acceptors (Lipinski definition) is 6. The summed E-state index contributed by atoms with van der Waals surface area (Å²) in [6.45, 7) is 2.53. The van der Waals surface area contributed by atoms with E-state index in [-0.39, 0.29) is 30.1 Å². The predicted molar refractivity (Wildman–Crippen MR) is 110 cm³/mol. The van der Waals surface area contributed by atoms with Crippen molar-refractivity contribution >= 4 is 30.2 Å². The van der Waals surface area contributed by atoms with Gasteiger partial charge in [-0.05, 0) is 38.3 Å². The Morgan fingerprint density at radius 3 is 2.64 bits per heavy atom. The second-order valence-electron chi connectivity index (χ2n) is 6.59. The summed E-state index contributed by atoms with van der Waals surface area (Å²) < 4.78 is 15.9. The van der Waals surface area contributed by atoms with Crippen LogP contribution in [0.3, 0.4) is 0 Å². The molecule has 0 radical (unpaired) electrons. The van der Waals surface area contributed by atoms with Crippen molar-refractivity contribution in [3.8, 4) is 11.5 Å². The van der Waals surface area contributed by atoms with Gasteiger partial charge in [0.15, 0.2) is 17.3 Å². The SMILES string of the molecule is CCOC(=O)CCCOc1cc(C=CC(=O)C2CCCCC2)ncc1OC.Cl. The lowest BCUT2D eigenvalue weighted by Gasteiger charge is -2.18. The number of carbonyl (C=O) groups excluding carboxylic acids is 2. The number of pyridine rings is 1. The first-order valence-corrected chi connectivity index (χ1v) is 9.68. The van der Waals surface area contributed by atoms with E-state index >= 15 is 0 Å². The van der Waals surface area contributed by atoms with Crippen molar-refractivity contribution in [2.24, 2.45) is 5.92 Å². The molecule has 0 N–H and O–H groups in total. The van der Waals surface area contributed by atoms with Gasteiger partial charge in [-0.1, -0.05) is 19.3 Å². The number of aromatic nitrogens is 1. The minimum absolute atomic E-state index is 0. The van der Waals surface area contributed by atoms with E-state index in [4.69, 9.17) is 14.2 Å². The maximum atomic E-state index is 12.3. The molecule has 6 nitrogen and oxygen atoms in total. The first-order chi connectivity index (χ1) is 13.1. The minimum Gasteiger partial charge on any atom is -0.491 e. The van der Waals surface area contributed by atoms with Gasteiger partial charge in [0, 0.05) is 18.4 Å². The summed E-state index contributed by atoms with van der Waals surface area (Å²) in [5.74, 6) is 1.15. The van der Waals surface area contributed by atoms with E-state index in [0.717, 1.165) is 25.7 Å². The van der Waals surface area contributed by atoms with Gasteiger partial charge >= 0.3 is 5.97 Å². The first-order valence-electron chi connectivity index (χ1n) is 9.68. The van der Waals surface area contributed by atoms with Crippen LogP contribution in [0.1, 0.15) is 57.6 Å². The summed E-state index contributed by atoms with van der Waals surface area (Å²) in [6, 6.07) is 1.74. The number of rotatable bonds is 10. The van der Waals surface area contributed by atoms with Crippen molar-refractivity contribution in [3.05, 3.63) is 24.0 Å². The molecule has 156 valence electrons. The summed E-state index contributed by atoms with van der Waals surface area (Å²) in [5, 5.41) is 0. The number of carbonyl (C=O) groups is 2. The van der Waals surface area contributed by atoms with Crippen molar-refractivity contribution in [1.29, 1.82) is 0 Å². The van der Waals surface area contributed by atoms with Crippen molar-refractivity contribution < 1.29 is 23.8 Å². The molecule has 1 aromatic rings. The number of esters is 1. The van der Waals surface area contributed by atoms with Gasteiger partial charge in [0.05, 0.1) is 32.2 Å². The van der Waals surface area contributed by atoms with E-state index in [0.29, 0.717) is 43.2 Å². The zero-order chi connectivity index (χ0) is 19.5. The Hall–Kier alpha value is -2.08. The third-order valence-electron chi connectivity index (χ3n) is 4.59. The highest BCUT2D eigenvalue weighted by Gasteiger charge is 2.18. The standard InChI is InChI=1S/C21H29NO5.ClH/c1-3-26-21(24)10-7-13-27-19-14-17(22-15-20(19)25-2)11-12-18(23)16-8-5-4-6-9-16;/h11-12,14-16H,3-10,13H2,1-2H3;1H. The molecule has 0 spiro atoms. The van der Waals surface area contributed by atoms with E-state index in [1.54, 1.807) is 38.4 Å². The molecule has 0 unspecified atom stereocenters. The van der Waals surface area contributed by atoms with Gasteiger partial charge in [-0.2, -0.15) is 0 Å². The van der Waals surface area contributed by atoms with Crippen molar-refractivity contribution in [1.82, 2.24) is 4.98 Å². The molecule has 2 rings (SSSR count). The van der Waals surface area contributed by atoms with Crippen LogP contribution in [0.25, 0.3) is 6.08 Å². The highest BCUT2D eigenvalue weighted by atomic mass is 35.5. The van der Waals surface area contributed by atoms with Gasteiger partial charge in [-0.15, -0.1) is 12.4 Å². The summed E-state index contributed by atoms with van der Waals surface area (Å²) >= 11 is 0. The van der Waals surface area contributed by atoms with Crippen LogP contribution < -0.4 is 9.47 Å². The molecule has 1 fully saturated rings. The Labute approximate surface area is 173 Å². The summed E-state index contributed by atoms with van der Waals surface area (Å²) in [6.07, 6.45) is 11.2. The van der Waals surface area contributed by atoms with Crippen LogP contribution in [0.15, 0.2) is 18.3 Å². The Bertz CT molecular complexity index is 656. The zero-order valence-corrected chi connectivity index (χ0v) is 17.5. The smallest absolute Gasteiger partial charge is 0.305 e. The highest BCUT2D eigenvalue weighted by molar-refractivity contribution is 5.95. The topological polar surface area (TPSA) is 74.7 Å². The fourth-order valence-electron chi connectivity index (χ4n) is 3.12. The average molecular weight is 412 g/mol. The minimum atomic E-state index is -0.229. The van der Waals surface area contributed by atoms with E-state index < -0.39 is 0 Å². The molecule has 0 amide bonds. The lowest BCUT2D eigenvalue weighted by Crippen LogP contribution is -2.15. The van der Waals surface area contributed by atoms with Crippen molar-refractivity contribution in [3.63, 3.8) is 0 Å². The lowest BCUT2D eigenvalue weighted by molar-refractivity contribution is -0.143. The van der Waals surface area contributed by atoms with Crippen molar-refractivity contribution in [2.75, 3.05) is 20.3 Å². The van der Waals surface area contributed by atoms with Gasteiger partial charge in [0.2, 0.25) is 0 Å².